The summed E-state index contributed by atoms with van der Waals surface area (Å²) in [5, 5.41) is 9.42. The molecule has 1 atom stereocenters. The minimum absolute atomic E-state index is 0.106. The van der Waals surface area contributed by atoms with Gasteiger partial charge in [0.2, 0.25) is 0 Å². The minimum atomic E-state index is -4.48. The first-order valence-electron chi connectivity index (χ1n) is 4.69. The molecule has 88 valence electrons. The number of fused-ring (bicyclic) bond motifs is 1. The third kappa shape index (κ3) is 1.92. The van der Waals surface area contributed by atoms with Crippen molar-refractivity contribution in [3.8, 4) is 11.5 Å². The minimum Gasteiger partial charge on any atom is -0.504 e. The molecule has 1 aromatic rings. The van der Waals surface area contributed by atoms with E-state index in [1.165, 1.54) is 0 Å². The Balaban J connectivity index is 2.48. The average Bonchev–Trinajstić information content (AvgIpc) is 2.15. The SMILES string of the molecule is NC1COc2c(O)cc(C(F)(F)F)cc2C1. The zero-order valence-electron chi connectivity index (χ0n) is 8.21. The molecule has 0 saturated heterocycles. The van der Waals surface area contributed by atoms with E-state index in [1.54, 1.807) is 0 Å². The highest BCUT2D eigenvalue weighted by Crippen LogP contribution is 2.40. The molecule has 3 nitrogen and oxygen atoms in total. The molecule has 0 amide bonds. The number of phenolic OH excluding ortho intramolecular Hbond substituents is 1. The highest BCUT2D eigenvalue weighted by atomic mass is 19.4. The Hall–Kier alpha value is -1.43. The monoisotopic (exact) mass is 233 g/mol. The Bertz CT molecular complexity index is 417. The first-order valence-corrected chi connectivity index (χ1v) is 4.69. The van der Waals surface area contributed by atoms with Crippen molar-refractivity contribution in [3.05, 3.63) is 23.3 Å². The Kier molecular flexibility index (Phi) is 2.46. The van der Waals surface area contributed by atoms with E-state index < -0.39 is 17.5 Å². The van der Waals surface area contributed by atoms with E-state index in [4.69, 9.17) is 10.5 Å². The summed E-state index contributed by atoms with van der Waals surface area (Å²) in [6, 6.07) is 1.29. The zero-order chi connectivity index (χ0) is 11.9. The quantitative estimate of drug-likeness (QED) is 0.716. The molecule has 0 fully saturated rings. The van der Waals surface area contributed by atoms with Gasteiger partial charge in [-0.15, -0.1) is 0 Å². The van der Waals surface area contributed by atoms with Gasteiger partial charge in [-0.1, -0.05) is 0 Å². The lowest BCUT2D eigenvalue weighted by Crippen LogP contribution is -2.34. The van der Waals surface area contributed by atoms with Gasteiger partial charge in [0.1, 0.15) is 6.61 Å². The fourth-order valence-corrected chi connectivity index (χ4v) is 1.69. The number of hydrogen-bond donors (Lipinski definition) is 2. The lowest BCUT2D eigenvalue weighted by Gasteiger charge is -2.24. The van der Waals surface area contributed by atoms with Crippen LogP contribution in [0, 0.1) is 0 Å². The fraction of sp³-hybridized carbons (Fsp3) is 0.400. The molecule has 0 radical (unpaired) electrons. The summed E-state index contributed by atoms with van der Waals surface area (Å²) in [5.41, 5.74) is 4.98. The van der Waals surface area contributed by atoms with Crippen LogP contribution in [0.3, 0.4) is 0 Å². The van der Waals surface area contributed by atoms with Gasteiger partial charge in [-0.2, -0.15) is 13.2 Å². The smallest absolute Gasteiger partial charge is 0.416 e. The summed E-state index contributed by atoms with van der Waals surface area (Å²) in [6.07, 6.45) is -4.21. The second kappa shape index (κ2) is 3.55. The summed E-state index contributed by atoms with van der Waals surface area (Å²) >= 11 is 0. The van der Waals surface area contributed by atoms with Crippen molar-refractivity contribution in [2.24, 2.45) is 5.73 Å². The van der Waals surface area contributed by atoms with Gasteiger partial charge in [-0.3, -0.25) is 0 Å². The molecular weight excluding hydrogens is 223 g/mol. The molecule has 0 aliphatic carbocycles. The maximum absolute atomic E-state index is 12.5. The predicted molar refractivity (Wildman–Crippen MR) is 50.3 cm³/mol. The van der Waals surface area contributed by atoms with Crippen LogP contribution in [0.2, 0.25) is 0 Å². The van der Waals surface area contributed by atoms with Crippen LogP contribution in [0.1, 0.15) is 11.1 Å². The van der Waals surface area contributed by atoms with Gasteiger partial charge in [0.25, 0.3) is 0 Å². The van der Waals surface area contributed by atoms with Gasteiger partial charge in [0, 0.05) is 11.6 Å². The summed E-state index contributed by atoms with van der Waals surface area (Å²) in [7, 11) is 0. The Morgan fingerprint density at radius 1 is 1.38 bits per heavy atom. The number of phenols is 1. The van der Waals surface area contributed by atoms with Crippen molar-refractivity contribution in [2.45, 2.75) is 18.6 Å². The van der Waals surface area contributed by atoms with Crippen LogP contribution in [0.15, 0.2) is 12.1 Å². The van der Waals surface area contributed by atoms with Crippen LogP contribution in [-0.2, 0) is 12.6 Å². The van der Waals surface area contributed by atoms with Crippen molar-refractivity contribution in [1.29, 1.82) is 0 Å². The summed E-state index contributed by atoms with van der Waals surface area (Å²) < 4.78 is 42.4. The van der Waals surface area contributed by atoms with E-state index in [0.717, 1.165) is 6.07 Å². The molecule has 6 heteroatoms. The van der Waals surface area contributed by atoms with Gasteiger partial charge < -0.3 is 15.6 Å². The third-order valence-electron chi connectivity index (χ3n) is 2.40. The predicted octanol–water partition coefficient (Wildman–Crippen LogP) is 1.67. The molecule has 0 spiro atoms. The number of hydrogen-bond acceptors (Lipinski definition) is 3. The van der Waals surface area contributed by atoms with E-state index in [0.29, 0.717) is 11.6 Å². The summed E-state index contributed by atoms with van der Waals surface area (Å²) in [4.78, 5) is 0. The van der Waals surface area contributed by atoms with Crippen LogP contribution >= 0.6 is 0 Å². The highest BCUT2D eigenvalue weighted by molar-refractivity contribution is 5.50. The molecular formula is C10H10F3NO2. The van der Waals surface area contributed by atoms with E-state index in [-0.39, 0.29) is 24.8 Å². The van der Waals surface area contributed by atoms with Crippen molar-refractivity contribution < 1.29 is 23.0 Å². The number of benzene rings is 1. The van der Waals surface area contributed by atoms with E-state index >= 15 is 0 Å². The van der Waals surface area contributed by atoms with Gasteiger partial charge in [-0.25, -0.2) is 0 Å². The Morgan fingerprint density at radius 2 is 2.06 bits per heavy atom. The molecule has 1 aliphatic rings. The Morgan fingerprint density at radius 3 is 2.69 bits per heavy atom. The maximum Gasteiger partial charge on any atom is 0.416 e. The number of alkyl halides is 3. The zero-order valence-corrected chi connectivity index (χ0v) is 8.21. The second-order valence-corrected chi connectivity index (χ2v) is 3.76. The lowest BCUT2D eigenvalue weighted by molar-refractivity contribution is -0.137. The molecule has 0 aromatic heterocycles. The second-order valence-electron chi connectivity index (χ2n) is 3.76. The normalized spacial score (nSPS) is 20.1. The summed E-state index contributed by atoms with van der Waals surface area (Å²) in [6.45, 7) is 0.200. The molecule has 1 heterocycles. The van der Waals surface area contributed by atoms with E-state index in [2.05, 4.69) is 0 Å². The molecule has 2 rings (SSSR count). The number of aromatic hydroxyl groups is 1. The van der Waals surface area contributed by atoms with Crippen LogP contribution < -0.4 is 10.5 Å². The topological polar surface area (TPSA) is 55.5 Å². The van der Waals surface area contributed by atoms with E-state index in [9.17, 15) is 18.3 Å². The average molecular weight is 233 g/mol. The molecule has 3 N–H and O–H groups in total. The van der Waals surface area contributed by atoms with Crippen molar-refractivity contribution in [2.75, 3.05) is 6.61 Å². The molecule has 1 aromatic carbocycles. The largest absolute Gasteiger partial charge is 0.504 e. The van der Waals surface area contributed by atoms with Crippen LogP contribution in [0.4, 0.5) is 13.2 Å². The first kappa shape index (κ1) is 11.1. The number of halogens is 3. The molecule has 0 saturated carbocycles. The first-order chi connectivity index (χ1) is 7.38. The molecule has 1 aliphatic heterocycles. The molecule has 16 heavy (non-hydrogen) atoms. The van der Waals surface area contributed by atoms with Gasteiger partial charge in [0.15, 0.2) is 11.5 Å². The van der Waals surface area contributed by atoms with Crippen molar-refractivity contribution in [1.82, 2.24) is 0 Å². The fourth-order valence-electron chi connectivity index (χ4n) is 1.69. The summed E-state index contributed by atoms with van der Waals surface area (Å²) in [5.74, 6) is -0.383. The van der Waals surface area contributed by atoms with Gasteiger partial charge in [0.05, 0.1) is 5.56 Å². The highest BCUT2D eigenvalue weighted by Gasteiger charge is 2.33. The van der Waals surface area contributed by atoms with Crippen molar-refractivity contribution in [3.63, 3.8) is 0 Å². The lowest BCUT2D eigenvalue weighted by atomic mass is 10.00. The number of rotatable bonds is 0. The molecule has 0 bridgehead atoms. The van der Waals surface area contributed by atoms with Crippen molar-refractivity contribution >= 4 is 0 Å². The number of nitrogens with two attached hydrogens (primary N) is 1. The van der Waals surface area contributed by atoms with Gasteiger partial charge in [-0.05, 0) is 18.6 Å². The third-order valence-corrected chi connectivity index (χ3v) is 2.40. The van der Waals surface area contributed by atoms with Crippen LogP contribution in [-0.4, -0.2) is 17.8 Å². The van der Waals surface area contributed by atoms with Crippen LogP contribution in [0.25, 0.3) is 0 Å². The van der Waals surface area contributed by atoms with Gasteiger partial charge >= 0.3 is 6.18 Å². The van der Waals surface area contributed by atoms with Crippen LogP contribution in [0.5, 0.6) is 11.5 Å². The maximum atomic E-state index is 12.5. The standard InChI is InChI=1S/C10H10F3NO2/c11-10(12,13)6-1-5-2-7(14)4-16-9(5)8(15)3-6/h1,3,7,15H,2,4,14H2. The number of ether oxygens (including phenoxy) is 1. The molecule has 1 unspecified atom stereocenters. The Labute approximate surface area is 89.6 Å². The van der Waals surface area contributed by atoms with E-state index in [1.807, 2.05) is 0 Å².